The van der Waals surface area contributed by atoms with Crippen molar-refractivity contribution in [2.24, 2.45) is 0 Å². The van der Waals surface area contributed by atoms with Gasteiger partial charge in [-0.1, -0.05) is 18.2 Å². The fraction of sp³-hybridized carbons (Fsp3) is 0.167. The fourth-order valence-corrected chi connectivity index (χ4v) is 2.39. The summed E-state index contributed by atoms with van der Waals surface area (Å²) >= 11 is 0. The Bertz CT molecular complexity index is 926. The summed E-state index contributed by atoms with van der Waals surface area (Å²) in [5.74, 6) is 0.207. The number of methoxy groups -OCH3 is 1. The van der Waals surface area contributed by atoms with Crippen LogP contribution in [0.5, 0.6) is 5.75 Å². The van der Waals surface area contributed by atoms with Gasteiger partial charge in [0, 0.05) is 16.7 Å². The molecule has 3 aromatic rings. The highest BCUT2D eigenvalue weighted by atomic mass is 16.5. The molecular weight excluding hydrogens is 308 g/mol. The maximum Gasteiger partial charge on any atom is 0.437 e. The second-order valence-electron chi connectivity index (χ2n) is 5.28. The van der Waals surface area contributed by atoms with Crippen LogP contribution in [0.2, 0.25) is 0 Å². The Morgan fingerprint density at radius 3 is 2.62 bits per heavy atom. The second-order valence-corrected chi connectivity index (χ2v) is 5.28. The molecule has 0 aliphatic rings. The third-order valence-electron chi connectivity index (χ3n) is 3.63. The van der Waals surface area contributed by atoms with Crippen molar-refractivity contribution < 1.29 is 13.9 Å². The van der Waals surface area contributed by atoms with Crippen LogP contribution in [0.25, 0.3) is 11.5 Å². The van der Waals surface area contributed by atoms with Crippen molar-refractivity contribution in [3.63, 3.8) is 0 Å². The standard InChI is InChI=1S/C18H16N2O4/c1-12(21)14-8-9-16(23-2)15(10-14)11-20-18(22)24-17(19-20)13-6-4-3-5-7-13/h3-10H,11H2,1-2H3. The van der Waals surface area contributed by atoms with Crippen molar-refractivity contribution in [3.05, 3.63) is 70.2 Å². The maximum absolute atomic E-state index is 12.1. The van der Waals surface area contributed by atoms with Crippen LogP contribution in [0.1, 0.15) is 22.8 Å². The normalized spacial score (nSPS) is 10.6. The van der Waals surface area contributed by atoms with Crippen molar-refractivity contribution in [2.45, 2.75) is 13.5 Å². The molecule has 6 nitrogen and oxygen atoms in total. The number of benzene rings is 2. The average molecular weight is 324 g/mol. The van der Waals surface area contributed by atoms with Crippen LogP contribution < -0.4 is 10.5 Å². The highest BCUT2D eigenvalue weighted by molar-refractivity contribution is 5.94. The largest absolute Gasteiger partial charge is 0.496 e. The third-order valence-corrected chi connectivity index (χ3v) is 3.63. The van der Waals surface area contributed by atoms with Crippen LogP contribution in [-0.2, 0) is 6.54 Å². The molecule has 1 heterocycles. The van der Waals surface area contributed by atoms with E-state index in [4.69, 9.17) is 9.15 Å². The van der Waals surface area contributed by atoms with Crippen LogP contribution in [-0.4, -0.2) is 22.7 Å². The zero-order valence-corrected chi connectivity index (χ0v) is 13.4. The smallest absolute Gasteiger partial charge is 0.437 e. The van der Waals surface area contributed by atoms with Gasteiger partial charge in [0.1, 0.15) is 5.75 Å². The lowest BCUT2D eigenvalue weighted by Gasteiger charge is -2.09. The van der Waals surface area contributed by atoms with Crippen molar-refractivity contribution in [1.82, 2.24) is 9.78 Å². The van der Waals surface area contributed by atoms with Crippen LogP contribution >= 0.6 is 0 Å². The molecule has 6 heteroatoms. The number of nitrogens with zero attached hydrogens (tertiary/aromatic N) is 2. The lowest BCUT2D eigenvalue weighted by molar-refractivity contribution is 0.101. The minimum atomic E-state index is -0.566. The Morgan fingerprint density at radius 1 is 1.21 bits per heavy atom. The van der Waals surface area contributed by atoms with Gasteiger partial charge >= 0.3 is 5.76 Å². The lowest BCUT2D eigenvalue weighted by Crippen LogP contribution is -2.17. The van der Waals surface area contributed by atoms with Gasteiger partial charge in [0.25, 0.3) is 0 Å². The highest BCUT2D eigenvalue weighted by Gasteiger charge is 2.13. The van der Waals surface area contributed by atoms with E-state index in [0.29, 0.717) is 16.9 Å². The van der Waals surface area contributed by atoms with Gasteiger partial charge in [-0.15, -0.1) is 5.10 Å². The number of carbonyl (C=O) groups is 1. The number of hydrogen-bond acceptors (Lipinski definition) is 5. The van der Waals surface area contributed by atoms with Crippen molar-refractivity contribution in [3.8, 4) is 17.2 Å². The Labute approximate surface area is 138 Å². The summed E-state index contributed by atoms with van der Waals surface area (Å²) in [6, 6.07) is 14.3. The molecule has 0 fully saturated rings. The average Bonchev–Trinajstić information content (AvgIpc) is 2.96. The molecule has 0 saturated carbocycles. The van der Waals surface area contributed by atoms with Gasteiger partial charge in [0.2, 0.25) is 5.89 Å². The number of hydrogen-bond donors (Lipinski definition) is 0. The van der Waals surface area contributed by atoms with E-state index in [1.165, 1.54) is 18.7 Å². The van der Waals surface area contributed by atoms with Crippen LogP contribution in [0, 0.1) is 0 Å². The number of aromatic nitrogens is 2. The van der Waals surface area contributed by atoms with E-state index < -0.39 is 5.76 Å². The van der Waals surface area contributed by atoms with E-state index >= 15 is 0 Å². The Kier molecular flexibility index (Phi) is 4.29. The fourth-order valence-electron chi connectivity index (χ4n) is 2.39. The third kappa shape index (κ3) is 3.12. The van der Waals surface area contributed by atoms with Crippen LogP contribution in [0.3, 0.4) is 0 Å². The van der Waals surface area contributed by atoms with E-state index in [1.807, 2.05) is 30.3 Å². The van der Waals surface area contributed by atoms with Crippen molar-refractivity contribution in [2.75, 3.05) is 7.11 Å². The van der Waals surface area contributed by atoms with Gasteiger partial charge in [0.15, 0.2) is 5.78 Å². The highest BCUT2D eigenvalue weighted by Crippen LogP contribution is 2.21. The van der Waals surface area contributed by atoms with E-state index in [9.17, 15) is 9.59 Å². The summed E-state index contributed by atoms with van der Waals surface area (Å²) in [5, 5.41) is 4.22. The summed E-state index contributed by atoms with van der Waals surface area (Å²) < 4.78 is 11.7. The monoisotopic (exact) mass is 324 g/mol. The summed E-state index contributed by atoms with van der Waals surface area (Å²) in [6.45, 7) is 1.64. The molecule has 122 valence electrons. The van der Waals surface area contributed by atoms with E-state index in [1.54, 1.807) is 18.2 Å². The zero-order valence-electron chi connectivity index (χ0n) is 13.4. The molecule has 3 rings (SSSR count). The molecule has 0 unspecified atom stereocenters. The van der Waals surface area contributed by atoms with Gasteiger partial charge in [-0.2, -0.15) is 4.68 Å². The topological polar surface area (TPSA) is 74.3 Å². The predicted molar refractivity (Wildman–Crippen MR) is 88.3 cm³/mol. The Balaban J connectivity index is 1.97. The summed E-state index contributed by atoms with van der Waals surface area (Å²) in [4.78, 5) is 23.6. The quantitative estimate of drug-likeness (QED) is 0.675. The van der Waals surface area contributed by atoms with E-state index in [-0.39, 0.29) is 18.2 Å². The first-order valence-corrected chi connectivity index (χ1v) is 7.39. The molecule has 0 atom stereocenters. The first kappa shape index (κ1) is 15.7. The molecular formula is C18H16N2O4. The molecule has 0 spiro atoms. The SMILES string of the molecule is COc1ccc(C(C)=O)cc1Cn1nc(-c2ccccc2)oc1=O. The number of carbonyl (C=O) groups excluding carboxylic acids is 1. The molecule has 0 amide bonds. The maximum atomic E-state index is 12.1. The minimum absolute atomic E-state index is 0.0589. The summed E-state index contributed by atoms with van der Waals surface area (Å²) in [7, 11) is 1.53. The van der Waals surface area contributed by atoms with E-state index in [2.05, 4.69) is 5.10 Å². The Hall–Kier alpha value is -3.15. The Morgan fingerprint density at radius 2 is 1.96 bits per heavy atom. The number of ether oxygens (including phenoxy) is 1. The molecule has 24 heavy (non-hydrogen) atoms. The van der Waals surface area contributed by atoms with Gasteiger partial charge in [0.05, 0.1) is 13.7 Å². The molecule has 0 radical (unpaired) electrons. The number of ketones is 1. The number of rotatable bonds is 5. The first-order chi connectivity index (χ1) is 11.6. The van der Waals surface area contributed by atoms with Gasteiger partial charge < -0.3 is 9.15 Å². The van der Waals surface area contributed by atoms with Gasteiger partial charge in [-0.3, -0.25) is 4.79 Å². The number of Topliss-reactive ketones (excluding diaryl/α,β-unsaturated/α-hetero) is 1. The van der Waals surface area contributed by atoms with Gasteiger partial charge in [-0.25, -0.2) is 4.79 Å². The molecule has 0 N–H and O–H groups in total. The van der Waals surface area contributed by atoms with Crippen LogP contribution in [0.15, 0.2) is 57.7 Å². The predicted octanol–water partition coefficient (Wildman–Crippen LogP) is 2.76. The van der Waals surface area contributed by atoms with Crippen LogP contribution in [0.4, 0.5) is 0 Å². The van der Waals surface area contributed by atoms with Crippen molar-refractivity contribution >= 4 is 5.78 Å². The zero-order chi connectivity index (χ0) is 17.1. The van der Waals surface area contributed by atoms with Gasteiger partial charge in [-0.05, 0) is 37.3 Å². The molecule has 0 aliphatic carbocycles. The molecule has 2 aromatic carbocycles. The minimum Gasteiger partial charge on any atom is -0.496 e. The summed E-state index contributed by atoms with van der Waals surface area (Å²) in [5.41, 5.74) is 1.95. The molecule has 0 aliphatic heterocycles. The van der Waals surface area contributed by atoms with E-state index in [0.717, 1.165) is 5.56 Å². The van der Waals surface area contributed by atoms with Crippen molar-refractivity contribution in [1.29, 1.82) is 0 Å². The second kappa shape index (κ2) is 6.54. The summed E-state index contributed by atoms with van der Waals surface area (Å²) in [6.07, 6.45) is 0. The molecule has 0 saturated heterocycles. The lowest BCUT2D eigenvalue weighted by atomic mass is 10.1. The molecule has 1 aromatic heterocycles. The molecule has 0 bridgehead atoms. The first-order valence-electron chi connectivity index (χ1n) is 7.39.